The van der Waals surface area contributed by atoms with Gasteiger partial charge >= 0.3 is 0 Å². The summed E-state index contributed by atoms with van der Waals surface area (Å²) in [6, 6.07) is 6.74. The highest BCUT2D eigenvalue weighted by molar-refractivity contribution is 7.09. The molecule has 2 aliphatic rings. The normalized spacial score (nSPS) is 19.5. The predicted molar refractivity (Wildman–Crippen MR) is 94.6 cm³/mol. The molecule has 0 saturated carbocycles. The van der Waals surface area contributed by atoms with Crippen LogP contribution in [0.25, 0.3) is 0 Å². The van der Waals surface area contributed by atoms with Gasteiger partial charge in [0, 0.05) is 70.1 Å². The number of aromatic nitrogens is 3. The van der Waals surface area contributed by atoms with Gasteiger partial charge in [-0.2, -0.15) is 4.37 Å². The summed E-state index contributed by atoms with van der Waals surface area (Å²) in [4.78, 5) is 16.2. The van der Waals surface area contributed by atoms with Crippen LogP contribution >= 0.6 is 11.5 Å². The van der Waals surface area contributed by atoms with Gasteiger partial charge in [-0.15, -0.1) is 0 Å². The fraction of sp³-hybridized carbons (Fsp3) is 0.562. The Bertz CT molecular complexity index is 652. The summed E-state index contributed by atoms with van der Waals surface area (Å²) in [5, 5.41) is 1.02. The summed E-state index contributed by atoms with van der Waals surface area (Å²) >= 11 is 1.47. The zero-order chi connectivity index (χ0) is 16.4. The van der Waals surface area contributed by atoms with Crippen LogP contribution in [0.5, 0.6) is 0 Å². The predicted octanol–water partition coefficient (Wildman–Crippen LogP) is 1.09. The molecule has 0 amide bonds. The van der Waals surface area contributed by atoms with Crippen molar-refractivity contribution in [2.45, 2.75) is 12.6 Å². The molecule has 0 aliphatic carbocycles. The molecule has 8 heteroatoms. The van der Waals surface area contributed by atoms with Crippen LogP contribution in [0.4, 0.5) is 10.9 Å². The van der Waals surface area contributed by atoms with Crippen LogP contribution in [0.15, 0.2) is 24.4 Å². The van der Waals surface area contributed by atoms with Gasteiger partial charge in [0.15, 0.2) is 5.82 Å². The van der Waals surface area contributed by atoms with Crippen molar-refractivity contribution in [1.82, 2.24) is 19.2 Å². The number of piperazine rings is 1. The molecule has 0 unspecified atom stereocenters. The van der Waals surface area contributed by atoms with Crippen molar-refractivity contribution < 1.29 is 4.74 Å². The minimum absolute atomic E-state index is 0.489. The van der Waals surface area contributed by atoms with E-state index in [0.29, 0.717) is 12.6 Å². The Morgan fingerprint density at radius 3 is 2.71 bits per heavy atom. The lowest BCUT2D eigenvalue weighted by molar-refractivity contribution is 0.156. The van der Waals surface area contributed by atoms with Crippen molar-refractivity contribution in [3.05, 3.63) is 30.2 Å². The quantitative estimate of drug-likeness (QED) is 0.803. The number of rotatable bonds is 5. The van der Waals surface area contributed by atoms with Gasteiger partial charge in [0.25, 0.3) is 0 Å². The Morgan fingerprint density at radius 2 is 2.00 bits per heavy atom. The second-order valence-corrected chi connectivity index (χ2v) is 6.93. The minimum atomic E-state index is 0.489. The molecular weight excluding hydrogens is 324 g/mol. The number of methoxy groups -OCH3 is 1. The fourth-order valence-corrected chi connectivity index (χ4v) is 3.95. The van der Waals surface area contributed by atoms with Crippen LogP contribution in [-0.4, -0.2) is 71.7 Å². The lowest BCUT2D eigenvalue weighted by Gasteiger charge is -2.48. The van der Waals surface area contributed by atoms with Crippen molar-refractivity contribution in [2.75, 3.05) is 56.2 Å². The van der Waals surface area contributed by atoms with E-state index in [1.54, 1.807) is 7.11 Å². The first kappa shape index (κ1) is 15.7. The second-order valence-electron chi connectivity index (χ2n) is 6.20. The smallest absolute Gasteiger partial charge is 0.205 e. The van der Waals surface area contributed by atoms with E-state index in [1.807, 2.05) is 12.3 Å². The highest BCUT2D eigenvalue weighted by atomic mass is 32.1. The molecule has 0 spiro atoms. The summed E-state index contributed by atoms with van der Waals surface area (Å²) in [6.45, 7) is 6.87. The number of pyridine rings is 1. The van der Waals surface area contributed by atoms with Crippen molar-refractivity contribution >= 4 is 22.5 Å². The Balaban J connectivity index is 1.26. The largest absolute Gasteiger partial charge is 0.377 e. The zero-order valence-electron chi connectivity index (χ0n) is 13.8. The van der Waals surface area contributed by atoms with E-state index < -0.39 is 0 Å². The topological polar surface area (TPSA) is 57.6 Å². The molecule has 0 bridgehead atoms. The summed E-state index contributed by atoms with van der Waals surface area (Å²) in [7, 11) is 1.67. The molecule has 24 heavy (non-hydrogen) atoms. The van der Waals surface area contributed by atoms with E-state index in [2.05, 4.69) is 41.2 Å². The third-order valence-corrected chi connectivity index (χ3v) is 5.48. The van der Waals surface area contributed by atoms with Gasteiger partial charge < -0.3 is 14.5 Å². The number of anilines is 2. The number of ether oxygens (including phenoxy) is 1. The maximum atomic E-state index is 5.08. The molecule has 128 valence electrons. The van der Waals surface area contributed by atoms with Crippen molar-refractivity contribution in [1.29, 1.82) is 0 Å². The van der Waals surface area contributed by atoms with E-state index >= 15 is 0 Å². The van der Waals surface area contributed by atoms with Gasteiger partial charge in [-0.1, -0.05) is 6.07 Å². The van der Waals surface area contributed by atoms with Crippen LogP contribution in [0, 0.1) is 0 Å². The number of hydrogen-bond acceptors (Lipinski definition) is 8. The molecule has 0 atom stereocenters. The van der Waals surface area contributed by atoms with Crippen LogP contribution in [0.2, 0.25) is 0 Å². The van der Waals surface area contributed by atoms with Crippen LogP contribution in [0.1, 0.15) is 5.82 Å². The van der Waals surface area contributed by atoms with Gasteiger partial charge in [-0.3, -0.25) is 4.90 Å². The SMILES string of the molecule is COCc1nsc(N2CC(N3CCN(c4ccccn4)CC3)C2)n1. The molecule has 2 aliphatic heterocycles. The highest BCUT2D eigenvalue weighted by Gasteiger charge is 2.35. The number of nitrogens with zero attached hydrogens (tertiary/aromatic N) is 6. The summed E-state index contributed by atoms with van der Waals surface area (Å²) in [5.74, 6) is 1.87. The first-order chi connectivity index (χ1) is 11.8. The third-order valence-electron chi connectivity index (χ3n) is 4.67. The second kappa shape index (κ2) is 7.00. The Morgan fingerprint density at radius 1 is 1.17 bits per heavy atom. The first-order valence-corrected chi connectivity index (χ1v) is 9.07. The molecule has 7 nitrogen and oxygen atoms in total. The lowest BCUT2D eigenvalue weighted by Crippen LogP contribution is -2.63. The average Bonchev–Trinajstić information content (AvgIpc) is 3.04. The third kappa shape index (κ3) is 3.22. The minimum Gasteiger partial charge on any atom is -0.377 e. The highest BCUT2D eigenvalue weighted by Crippen LogP contribution is 2.26. The molecule has 0 aromatic carbocycles. The fourth-order valence-electron chi connectivity index (χ4n) is 3.26. The van der Waals surface area contributed by atoms with Crippen LogP contribution in [0.3, 0.4) is 0 Å². The van der Waals surface area contributed by atoms with Crippen LogP contribution < -0.4 is 9.80 Å². The van der Waals surface area contributed by atoms with E-state index in [-0.39, 0.29) is 0 Å². The van der Waals surface area contributed by atoms with Gasteiger partial charge in [0.2, 0.25) is 5.13 Å². The van der Waals surface area contributed by atoms with Gasteiger partial charge in [0.1, 0.15) is 12.4 Å². The maximum absolute atomic E-state index is 5.08. The van der Waals surface area contributed by atoms with E-state index in [0.717, 1.165) is 56.0 Å². The van der Waals surface area contributed by atoms with Crippen molar-refractivity contribution in [3.63, 3.8) is 0 Å². The molecule has 4 heterocycles. The summed E-state index contributed by atoms with van der Waals surface area (Å²) in [5.41, 5.74) is 0. The van der Waals surface area contributed by atoms with E-state index in [4.69, 9.17) is 4.74 Å². The number of hydrogen-bond donors (Lipinski definition) is 0. The molecule has 2 aromatic rings. The first-order valence-electron chi connectivity index (χ1n) is 8.30. The molecule has 0 radical (unpaired) electrons. The Hall–Kier alpha value is -1.77. The molecule has 2 saturated heterocycles. The van der Waals surface area contributed by atoms with Gasteiger partial charge in [-0.05, 0) is 12.1 Å². The standard InChI is InChI=1S/C16H22N6OS/c1-23-12-14-18-16(24-19-14)22-10-13(11-22)20-6-8-21(9-7-20)15-4-2-3-5-17-15/h2-5,13H,6-12H2,1H3. The molecular formula is C16H22N6OS. The summed E-state index contributed by atoms with van der Waals surface area (Å²) in [6.07, 6.45) is 1.87. The molecule has 2 fully saturated rings. The maximum Gasteiger partial charge on any atom is 0.205 e. The Kier molecular flexibility index (Phi) is 4.59. The zero-order valence-corrected chi connectivity index (χ0v) is 14.7. The van der Waals surface area contributed by atoms with Crippen LogP contribution in [-0.2, 0) is 11.3 Å². The van der Waals surface area contributed by atoms with E-state index in [1.165, 1.54) is 11.5 Å². The van der Waals surface area contributed by atoms with E-state index in [9.17, 15) is 0 Å². The molecule has 4 rings (SSSR count). The molecule has 2 aromatic heterocycles. The Labute approximate surface area is 146 Å². The van der Waals surface area contributed by atoms with Crippen molar-refractivity contribution in [2.24, 2.45) is 0 Å². The lowest BCUT2D eigenvalue weighted by atomic mass is 10.1. The average molecular weight is 346 g/mol. The van der Waals surface area contributed by atoms with Gasteiger partial charge in [0.05, 0.1) is 0 Å². The monoisotopic (exact) mass is 346 g/mol. The van der Waals surface area contributed by atoms with Gasteiger partial charge in [-0.25, -0.2) is 9.97 Å². The summed E-state index contributed by atoms with van der Waals surface area (Å²) < 4.78 is 9.41. The molecule has 0 N–H and O–H groups in total. The van der Waals surface area contributed by atoms with Crippen molar-refractivity contribution in [3.8, 4) is 0 Å².